The Morgan fingerprint density at radius 1 is 1.15 bits per heavy atom. The average Bonchev–Trinajstić information content (AvgIpc) is 2.84. The predicted molar refractivity (Wildman–Crippen MR) is 103 cm³/mol. The Bertz CT molecular complexity index is 469. The van der Waals surface area contributed by atoms with Gasteiger partial charge in [0.05, 0.1) is 6.54 Å². The lowest BCUT2D eigenvalue weighted by Crippen LogP contribution is -2.46. The fourth-order valence-electron chi connectivity index (χ4n) is 4.43. The van der Waals surface area contributed by atoms with Gasteiger partial charge in [-0.3, -0.25) is 9.69 Å². The number of hydrogen-bond donors (Lipinski definition) is 2. The second-order valence-corrected chi connectivity index (χ2v) is 8.60. The molecule has 2 aliphatic rings. The lowest BCUT2D eigenvalue weighted by atomic mass is 9.94. The minimum Gasteiger partial charge on any atom is -0.480 e. The molecular formula is C20H37N3O3. The van der Waals surface area contributed by atoms with Gasteiger partial charge < -0.3 is 15.3 Å². The Morgan fingerprint density at radius 3 is 2.62 bits per heavy atom. The summed E-state index contributed by atoms with van der Waals surface area (Å²) < 4.78 is 0. The molecule has 0 spiro atoms. The molecule has 6 heteroatoms. The van der Waals surface area contributed by atoms with Crippen LogP contribution in [0.25, 0.3) is 0 Å². The van der Waals surface area contributed by atoms with Crippen LogP contribution in [0.3, 0.4) is 0 Å². The lowest BCUT2D eigenvalue weighted by molar-refractivity contribution is -0.138. The third-order valence-electron chi connectivity index (χ3n) is 6.08. The first-order valence-electron chi connectivity index (χ1n) is 10.3. The molecule has 2 N–H and O–H groups in total. The quantitative estimate of drug-likeness (QED) is 0.725. The van der Waals surface area contributed by atoms with E-state index in [2.05, 4.69) is 19.2 Å². The third-order valence-corrected chi connectivity index (χ3v) is 6.08. The summed E-state index contributed by atoms with van der Waals surface area (Å²) >= 11 is 0. The van der Waals surface area contributed by atoms with Gasteiger partial charge in [0, 0.05) is 25.2 Å². The molecule has 1 aliphatic heterocycles. The first kappa shape index (κ1) is 21.0. The van der Waals surface area contributed by atoms with E-state index in [9.17, 15) is 9.59 Å². The number of urea groups is 1. The molecule has 0 aromatic rings. The van der Waals surface area contributed by atoms with Crippen molar-refractivity contribution in [2.75, 3.05) is 26.7 Å². The fourth-order valence-corrected chi connectivity index (χ4v) is 4.43. The molecule has 1 saturated heterocycles. The summed E-state index contributed by atoms with van der Waals surface area (Å²) in [6, 6.07) is 0.650. The van der Waals surface area contributed by atoms with Crippen LogP contribution in [0.2, 0.25) is 0 Å². The summed E-state index contributed by atoms with van der Waals surface area (Å²) in [6.07, 6.45) is 8.74. The normalized spacial score (nSPS) is 27.0. The molecule has 26 heavy (non-hydrogen) atoms. The van der Waals surface area contributed by atoms with Crippen molar-refractivity contribution < 1.29 is 14.7 Å². The van der Waals surface area contributed by atoms with E-state index in [1.54, 1.807) is 0 Å². The van der Waals surface area contributed by atoms with E-state index in [0.717, 1.165) is 38.1 Å². The van der Waals surface area contributed by atoms with Crippen LogP contribution >= 0.6 is 0 Å². The van der Waals surface area contributed by atoms with Gasteiger partial charge in [-0.1, -0.05) is 26.7 Å². The van der Waals surface area contributed by atoms with Crippen LogP contribution in [0, 0.1) is 11.8 Å². The summed E-state index contributed by atoms with van der Waals surface area (Å²) in [6.45, 7) is 6.07. The Labute approximate surface area is 158 Å². The zero-order valence-electron chi connectivity index (χ0n) is 16.7. The molecule has 3 unspecified atom stereocenters. The van der Waals surface area contributed by atoms with Crippen molar-refractivity contribution in [3.05, 3.63) is 0 Å². The number of carboxylic acids is 1. The zero-order chi connectivity index (χ0) is 19.1. The summed E-state index contributed by atoms with van der Waals surface area (Å²) in [4.78, 5) is 27.5. The van der Waals surface area contributed by atoms with E-state index in [-0.39, 0.29) is 18.6 Å². The predicted octanol–water partition coefficient (Wildman–Crippen LogP) is 3.17. The van der Waals surface area contributed by atoms with Gasteiger partial charge in [-0.2, -0.15) is 0 Å². The molecule has 1 heterocycles. The minimum absolute atomic E-state index is 0.0659. The first-order chi connectivity index (χ1) is 12.4. The molecule has 6 nitrogen and oxygen atoms in total. The smallest absolute Gasteiger partial charge is 0.317 e. The number of rotatable bonds is 7. The number of carbonyl (C=O) groups is 2. The first-order valence-corrected chi connectivity index (χ1v) is 10.3. The second-order valence-electron chi connectivity index (χ2n) is 8.60. The minimum atomic E-state index is -0.792. The van der Waals surface area contributed by atoms with Crippen LogP contribution in [0.5, 0.6) is 0 Å². The van der Waals surface area contributed by atoms with Crippen LogP contribution in [0.15, 0.2) is 0 Å². The van der Waals surface area contributed by atoms with E-state index in [1.807, 2.05) is 16.8 Å². The fraction of sp³-hybridized carbons (Fsp3) is 0.900. The number of aliphatic carboxylic acids is 1. The van der Waals surface area contributed by atoms with Gasteiger partial charge in [0.15, 0.2) is 0 Å². The molecule has 1 aliphatic carbocycles. The van der Waals surface area contributed by atoms with Crippen LogP contribution < -0.4 is 5.32 Å². The number of amides is 2. The number of carboxylic acid groups (broad SMARTS) is 1. The maximum Gasteiger partial charge on any atom is 0.317 e. The number of carbonyl (C=O) groups excluding carboxylic acids is 1. The molecular weight excluding hydrogens is 330 g/mol. The summed E-state index contributed by atoms with van der Waals surface area (Å²) in [5, 5.41) is 12.3. The number of nitrogens with zero attached hydrogens (tertiary/aromatic N) is 2. The number of likely N-dealkylation sites (tertiary alicyclic amines) is 1. The molecule has 0 aromatic heterocycles. The van der Waals surface area contributed by atoms with Gasteiger partial charge in [0.25, 0.3) is 0 Å². The molecule has 3 atom stereocenters. The van der Waals surface area contributed by atoms with E-state index >= 15 is 0 Å². The van der Waals surface area contributed by atoms with Gasteiger partial charge in [-0.05, 0) is 57.4 Å². The highest BCUT2D eigenvalue weighted by Gasteiger charge is 2.30. The van der Waals surface area contributed by atoms with Crippen molar-refractivity contribution in [3.63, 3.8) is 0 Å². The van der Waals surface area contributed by atoms with Crippen LogP contribution in [-0.4, -0.2) is 65.7 Å². The van der Waals surface area contributed by atoms with E-state index < -0.39 is 5.97 Å². The summed E-state index contributed by atoms with van der Waals surface area (Å²) in [5.74, 6) is 0.556. The highest BCUT2D eigenvalue weighted by atomic mass is 16.4. The highest BCUT2D eigenvalue weighted by molar-refractivity contribution is 5.74. The number of nitrogens with one attached hydrogen (secondary N) is 1. The average molecular weight is 368 g/mol. The van der Waals surface area contributed by atoms with E-state index in [1.165, 1.54) is 25.7 Å². The maximum absolute atomic E-state index is 12.8. The van der Waals surface area contributed by atoms with Gasteiger partial charge in [0.1, 0.15) is 0 Å². The molecule has 2 rings (SSSR count). The Balaban J connectivity index is 1.81. The van der Waals surface area contributed by atoms with Crippen LogP contribution in [-0.2, 0) is 4.79 Å². The van der Waals surface area contributed by atoms with Crippen molar-refractivity contribution in [1.29, 1.82) is 0 Å². The molecule has 0 bridgehead atoms. The van der Waals surface area contributed by atoms with Crippen molar-refractivity contribution in [2.45, 2.75) is 77.3 Å². The van der Waals surface area contributed by atoms with Crippen LogP contribution in [0.4, 0.5) is 4.79 Å². The number of likely N-dealkylation sites (N-methyl/N-ethyl adjacent to an activating group) is 1. The molecule has 0 aromatic carbocycles. The zero-order valence-corrected chi connectivity index (χ0v) is 16.7. The standard InChI is InChI=1S/C20H37N3O3/c1-15(2)9-10-16-6-4-8-18(16)21-20(26)23-12-5-7-17(11-13-23)22(3)14-19(24)25/h15-18H,4-14H2,1-3H3,(H,21,26)(H,24,25). The van der Waals surface area contributed by atoms with Gasteiger partial charge in [-0.15, -0.1) is 0 Å². The van der Waals surface area contributed by atoms with Crippen molar-refractivity contribution in [2.24, 2.45) is 11.8 Å². The Kier molecular flexibility index (Phi) is 8.19. The third kappa shape index (κ3) is 6.45. The summed E-state index contributed by atoms with van der Waals surface area (Å²) in [7, 11) is 1.87. The van der Waals surface area contributed by atoms with Crippen LogP contribution in [0.1, 0.15) is 65.2 Å². The maximum atomic E-state index is 12.8. The highest BCUT2D eigenvalue weighted by Crippen LogP contribution is 2.31. The van der Waals surface area contributed by atoms with Crippen molar-refractivity contribution >= 4 is 12.0 Å². The molecule has 1 saturated carbocycles. The molecule has 0 radical (unpaired) electrons. The molecule has 2 fully saturated rings. The monoisotopic (exact) mass is 367 g/mol. The Hall–Kier alpha value is -1.30. The van der Waals surface area contributed by atoms with E-state index in [0.29, 0.717) is 18.5 Å². The topological polar surface area (TPSA) is 72.9 Å². The Morgan fingerprint density at radius 2 is 1.92 bits per heavy atom. The largest absolute Gasteiger partial charge is 0.480 e. The van der Waals surface area contributed by atoms with Gasteiger partial charge in [0.2, 0.25) is 0 Å². The lowest BCUT2D eigenvalue weighted by Gasteiger charge is -2.28. The number of hydrogen-bond acceptors (Lipinski definition) is 3. The van der Waals surface area contributed by atoms with Crippen molar-refractivity contribution in [3.8, 4) is 0 Å². The SMILES string of the molecule is CC(C)CCC1CCCC1NC(=O)N1CCCC(N(C)CC(=O)O)CC1. The molecule has 150 valence electrons. The summed E-state index contributed by atoms with van der Waals surface area (Å²) in [5.41, 5.74) is 0. The van der Waals surface area contributed by atoms with Gasteiger partial charge >= 0.3 is 12.0 Å². The van der Waals surface area contributed by atoms with Crippen molar-refractivity contribution in [1.82, 2.24) is 15.1 Å². The molecule has 2 amide bonds. The second kappa shape index (κ2) is 10.1. The van der Waals surface area contributed by atoms with E-state index in [4.69, 9.17) is 5.11 Å². The van der Waals surface area contributed by atoms with Gasteiger partial charge in [-0.25, -0.2) is 4.79 Å².